The molecule has 0 bridgehead atoms. The summed E-state index contributed by atoms with van der Waals surface area (Å²) in [6.07, 6.45) is 1.35. The van der Waals surface area contributed by atoms with Gasteiger partial charge in [-0.3, -0.25) is 9.59 Å². The lowest BCUT2D eigenvalue weighted by molar-refractivity contribution is -0.137. The fraction of sp³-hybridized carbons (Fsp3) is 0.308. The topological polar surface area (TPSA) is 109 Å². The van der Waals surface area contributed by atoms with Gasteiger partial charge in [0.25, 0.3) is 5.91 Å². The number of fused-ring (bicyclic) bond motifs is 3. The molecule has 2 aromatic carbocycles. The number of nitrogens with zero attached hydrogens (tertiary/aromatic N) is 2. The number of nitrogens with one attached hydrogen (secondary N) is 1. The zero-order chi connectivity index (χ0) is 24.8. The Bertz CT molecular complexity index is 1180. The molecule has 0 aliphatic heterocycles. The Morgan fingerprint density at radius 3 is 2.37 bits per heavy atom. The minimum atomic E-state index is -0.882. The van der Waals surface area contributed by atoms with Gasteiger partial charge in [0.15, 0.2) is 0 Å². The molecular weight excluding hydrogens is 466 g/mol. The Hall–Kier alpha value is -3.72. The number of carbonyl (C=O) groups is 3. The molecule has 3 aromatic rings. The molecule has 182 valence electrons. The van der Waals surface area contributed by atoms with Crippen LogP contribution < -0.4 is 5.32 Å². The molecule has 2 amide bonds. The van der Waals surface area contributed by atoms with Crippen molar-refractivity contribution in [1.82, 2.24) is 15.2 Å². The largest absolute Gasteiger partial charge is 0.481 e. The van der Waals surface area contributed by atoms with Gasteiger partial charge in [0.1, 0.15) is 16.5 Å². The molecule has 1 heterocycles. The second kappa shape index (κ2) is 11.1. The molecule has 0 saturated carbocycles. The third-order valence-corrected chi connectivity index (χ3v) is 6.96. The highest BCUT2D eigenvalue weighted by atomic mass is 32.1. The second-order valence-electron chi connectivity index (χ2n) is 8.18. The van der Waals surface area contributed by atoms with Gasteiger partial charge in [-0.2, -0.15) is 0 Å². The van der Waals surface area contributed by atoms with E-state index in [-0.39, 0.29) is 31.4 Å². The van der Waals surface area contributed by atoms with Gasteiger partial charge in [0.05, 0.1) is 12.7 Å². The number of amides is 2. The number of benzene rings is 2. The van der Waals surface area contributed by atoms with Crippen LogP contribution in [-0.2, 0) is 16.1 Å². The SMILES string of the molecule is CCN(CCCC(=O)O)C(=O)c1cnc(CNC(=O)OCC2c3ccccc3-c3ccccc32)s1. The van der Waals surface area contributed by atoms with E-state index in [1.807, 2.05) is 31.2 Å². The summed E-state index contributed by atoms with van der Waals surface area (Å²) in [6.45, 7) is 3.07. The van der Waals surface area contributed by atoms with Crippen LogP contribution in [-0.4, -0.2) is 52.7 Å². The predicted molar refractivity (Wildman–Crippen MR) is 132 cm³/mol. The van der Waals surface area contributed by atoms with Crippen molar-refractivity contribution < 1.29 is 24.2 Å². The van der Waals surface area contributed by atoms with Crippen LogP contribution in [0, 0.1) is 0 Å². The highest BCUT2D eigenvalue weighted by molar-refractivity contribution is 7.13. The van der Waals surface area contributed by atoms with E-state index in [2.05, 4.69) is 34.6 Å². The predicted octanol–water partition coefficient (Wildman–Crippen LogP) is 4.51. The van der Waals surface area contributed by atoms with Crippen LogP contribution in [0.3, 0.4) is 0 Å². The van der Waals surface area contributed by atoms with Crippen molar-refractivity contribution in [2.45, 2.75) is 32.2 Å². The summed E-state index contributed by atoms with van der Waals surface area (Å²) >= 11 is 1.20. The molecule has 1 aromatic heterocycles. The van der Waals surface area contributed by atoms with Gasteiger partial charge in [-0.05, 0) is 35.6 Å². The molecule has 0 fully saturated rings. The summed E-state index contributed by atoms with van der Waals surface area (Å²) in [4.78, 5) is 42.1. The zero-order valence-corrected chi connectivity index (χ0v) is 20.2. The summed E-state index contributed by atoms with van der Waals surface area (Å²) in [6, 6.07) is 16.3. The van der Waals surface area contributed by atoms with Crippen LogP contribution in [0.4, 0.5) is 4.79 Å². The normalized spacial score (nSPS) is 12.0. The number of ether oxygens (including phenoxy) is 1. The fourth-order valence-corrected chi connectivity index (χ4v) is 5.09. The molecule has 9 heteroatoms. The highest BCUT2D eigenvalue weighted by Crippen LogP contribution is 2.44. The molecule has 0 saturated heterocycles. The van der Waals surface area contributed by atoms with Crippen LogP contribution in [0.25, 0.3) is 11.1 Å². The smallest absolute Gasteiger partial charge is 0.407 e. The minimum Gasteiger partial charge on any atom is -0.481 e. The van der Waals surface area contributed by atoms with Crippen molar-refractivity contribution in [3.63, 3.8) is 0 Å². The Morgan fingerprint density at radius 2 is 1.74 bits per heavy atom. The molecule has 4 rings (SSSR count). The van der Waals surface area contributed by atoms with E-state index in [1.165, 1.54) is 28.7 Å². The van der Waals surface area contributed by atoms with Gasteiger partial charge in [-0.1, -0.05) is 48.5 Å². The van der Waals surface area contributed by atoms with Gasteiger partial charge in [0.2, 0.25) is 0 Å². The number of rotatable bonds is 10. The Morgan fingerprint density at radius 1 is 1.09 bits per heavy atom. The zero-order valence-electron chi connectivity index (χ0n) is 19.4. The maximum atomic E-state index is 12.7. The maximum Gasteiger partial charge on any atom is 0.407 e. The summed E-state index contributed by atoms with van der Waals surface area (Å²) in [5.41, 5.74) is 4.63. The summed E-state index contributed by atoms with van der Waals surface area (Å²) in [5.74, 6) is -1.09. The van der Waals surface area contributed by atoms with Crippen molar-refractivity contribution in [3.8, 4) is 11.1 Å². The van der Waals surface area contributed by atoms with E-state index >= 15 is 0 Å². The third-order valence-electron chi connectivity index (χ3n) is 5.98. The Balaban J connectivity index is 1.29. The van der Waals surface area contributed by atoms with Crippen molar-refractivity contribution in [2.24, 2.45) is 0 Å². The first kappa shape index (κ1) is 24.4. The van der Waals surface area contributed by atoms with Gasteiger partial charge >= 0.3 is 12.1 Å². The second-order valence-corrected chi connectivity index (χ2v) is 9.29. The number of carboxylic acid groups (broad SMARTS) is 1. The standard InChI is InChI=1S/C26H27N3O5S/c1-2-29(13-7-12-24(30)31)25(32)22-14-27-23(35-22)15-28-26(33)34-16-21-19-10-5-3-8-17(19)18-9-4-6-11-20(18)21/h3-6,8-11,14,21H,2,7,12-13,15-16H2,1H3,(H,28,33)(H,30,31). The molecule has 0 spiro atoms. The van der Waals surface area contributed by atoms with E-state index in [9.17, 15) is 14.4 Å². The molecule has 0 radical (unpaired) electrons. The number of aromatic nitrogens is 1. The molecular formula is C26H27N3O5S. The molecule has 1 aliphatic rings. The van der Waals surface area contributed by atoms with Crippen LogP contribution >= 0.6 is 11.3 Å². The average molecular weight is 494 g/mol. The van der Waals surface area contributed by atoms with Crippen LogP contribution in [0.2, 0.25) is 0 Å². The monoisotopic (exact) mass is 493 g/mol. The number of aliphatic carboxylic acids is 1. The molecule has 0 atom stereocenters. The average Bonchev–Trinajstić information content (AvgIpc) is 3.46. The van der Waals surface area contributed by atoms with E-state index in [0.717, 1.165) is 11.1 Å². The number of thiazole rings is 1. The number of carbonyl (C=O) groups excluding carboxylic acids is 2. The lowest BCUT2D eigenvalue weighted by Gasteiger charge is -2.19. The third kappa shape index (κ3) is 5.68. The minimum absolute atomic E-state index is 0.0154. The highest BCUT2D eigenvalue weighted by Gasteiger charge is 2.29. The van der Waals surface area contributed by atoms with Gasteiger partial charge in [0, 0.05) is 25.4 Å². The fourth-order valence-electron chi connectivity index (χ4n) is 4.27. The molecule has 8 nitrogen and oxygen atoms in total. The first-order chi connectivity index (χ1) is 17.0. The summed E-state index contributed by atoms with van der Waals surface area (Å²) in [5, 5.41) is 12.1. The van der Waals surface area contributed by atoms with E-state index in [4.69, 9.17) is 9.84 Å². The van der Waals surface area contributed by atoms with E-state index in [0.29, 0.717) is 29.4 Å². The first-order valence-corrected chi connectivity index (χ1v) is 12.3. The first-order valence-electron chi connectivity index (χ1n) is 11.5. The number of hydrogen-bond donors (Lipinski definition) is 2. The number of hydrogen-bond acceptors (Lipinski definition) is 6. The van der Waals surface area contributed by atoms with Crippen LogP contribution in [0.1, 0.15) is 51.5 Å². The Kier molecular flexibility index (Phi) is 7.77. The van der Waals surface area contributed by atoms with Gasteiger partial charge in [-0.15, -0.1) is 11.3 Å². The van der Waals surface area contributed by atoms with Crippen molar-refractivity contribution in [3.05, 3.63) is 75.7 Å². The molecule has 35 heavy (non-hydrogen) atoms. The van der Waals surface area contributed by atoms with Crippen molar-refractivity contribution >= 4 is 29.3 Å². The summed E-state index contributed by atoms with van der Waals surface area (Å²) < 4.78 is 5.54. The molecule has 2 N–H and O–H groups in total. The lowest BCUT2D eigenvalue weighted by Crippen LogP contribution is -2.31. The van der Waals surface area contributed by atoms with E-state index < -0.39 is 12.1 Å². The molecule has 0 unspecified atom stereocenters. The van der Waals surface area contributed by atoms with Crippen molar-refractivity contribution in [2.75, 3.05) is 19.7 Å². The van der Waals surface area contributed by atoms with Gasteiger partial charge < -0.3 is 20.1 Å². The number of carboxylic acids is 1. The Labute approximate surface area is 207 Å². The van der Waals surface area contributed by atoms with Gasteiger partial charge in [-0.25, -0.2) is 9.78 Å². The lowest BCUT2D eigenvalue weighted by atomic mass is 9.98. The molecule has 1 aliphatic carbocycles. The van der Waals surface area contributed by atoms with Crippen LogP contribution in [0.5, 0.6) is 0 Å². The number of alkyl carbamates (subject to hydrolysis) is 1. The summed E-state index contributed by atoms with van der Waals surface area (Å²) in [7, 11) is 0. The van der Waals surface area contributed by atoms with Crippen LogP contribution in [0.15, 0.2) is 54.7 Å². The maximum absolute atomic E-state index is 12.7. The van der Waals surface area contributed by atoms with Crippen molar-refractivity contribution in [1.29, 1.82) is 0 Å². The van der Waals surface area contributed by atoms with E-state index in [1.54, 1.807) is 4.90 Å². The quantitative estimate of drug-likeness (QED) is 0.430.